The van der Waals surface area contributed by atoms with Gasteiger partial charge in [-0.3, -0.25) is 0 Å². The molecule has 1 aromatic carbocycles. The first-order valence-electron chi connectivity index (χ1n) is 4.39. The van der Waals surface area contributed by atoms with E-state index in [4.69, 9.17) is 10.7 Å². The topological polar surface area (TPSA) is 43.4 Å². The van der Waals surface area contributed by atoms with Crippen molar-refractivity contribution in [3.8, 4) is 5.75 Å². The molecule has 8 heteroatoms. The third kappa shape index (κ3) is 5.27. The highest BCUT2D eigenvalue weighted by atomic mass is 35.7. The van der Waals surface area contributed by atoms with Crippen LogP contribution in [0.15, 0.2) is 24.3 Å². The molecule has 0 bridgehead atoms. The van der Waals surface area contributed by atoms with Crippen LogP contribution in [0.5, 0.6) is 5.75 Å². The Hall–Kier alpha value is -0.950. The Kier molecular flexibility index (Phi) is 4.64. The van der Waals surface area contributed by atoms with Gasteiger partial charge in [-0.2, -0.15) is 8.78 Å². The maximum absolute atomic E-state index is 13.4. The Bertz CT molecular complexity index is 461. The lowest BCUT2D eigenvalue weighted by molar-refractivity contribution is -0.0498. The quantitative estimate of drug-likeness (QED) is 0.783. The Morgan fingerprint density at radius 2 is 1.71 bits per heavy atom. The summed E-state index contributed by atoms with van der Waals surface area (Å²) in [6.07, 6.45) is -1.81. The summed E-state index contributed by atoms with van der Waals surface area (Å²) in [4.78, 5) is 0. The Morgan fingerprint density at radius 1 is 1.18 bits per heavy atom. The van der Waals surface area contributed by atoms with E-state index >= 15 is 0 Å². The van der Waals surface area contributed by atoms with E-state index in [0.717, 1.165) is 24.3 Å². The van der Waals surface area contributed by atoms with E-state index in [9.17, 15) is 21.6 Å². The summed E-state index contributed by atoms with van der Waals surface area (Å²) in [5, 5.41) is 0. The van der Waals surface area contributed by atoms with Crippen LogP contribution in [0.3, 0.4) is 0 Å². The van der Waals surface area contributed by atoms with Crippen LogP contribution in [0, 0.1) is 0 Å². The lowest BCUT2D eigenvalue weighted by Crippen LogP contribution is -2.06. The third-order valence-corrected chi connectivity index (χ3v) is 2.88. The second-order valence-corrected chi connectivity index (χ2v) is 5.94. The maximum Gasteiger partial charge on any atom is 0.387 e. The van der Waals surface area contributed by atoms with Crippen LogP contribution in [-0.2, 0) is 9.05 Å². The molecule has 17 heavy (non-hydrogen) atoms. The van der Waals surface area contributed by atoms with E-state index < -0.39 is 27.6 Å². The lowest BCUT2D eigenvalue weighted by Gasteiger charge is -2.08. The van der Waals surface area contributed by atoms with Gasteiger partial charge in [0.15, 0.2) is 0 Å². The van der Waals surface area contributed by atoms with Gasteiger partial charge in [0.2, 0.25) is 9.05 Å². The summed E-state index contributed by atoms with van der Waals surface area (Å²) >= 11 is 0. The average molecular weight is 289 g/mol. The number of hydrogen-bond donors (Lipinski definition) is 0. The summed E-state index contributed by atoms with van der Waals surface area (Å²) in [6.45, 7) is -2.97. The smallest absolute Gasteiger partial charge is 0.387 e. The van der Waals surface area contributed by atoms with Gasteiger partial charge >= 0.3 is 6.61 Å². The monoisotopic (exact) mass is 288 g/mol. The molecule has 0 fully saturated rings. The van der Waals surface area contributed by atoms with E-state index in [0.29, 0.717) is 0 Å². The molecule has 0 spiro atoms. The van der Waals surface area contributed by atoms with Crippen molar-refractivity contribution in [2.75, 3.05) is 5.75 Å². The number of ether oxygens (including phenoxy) is 1. The van der Waals surface area contributed by atoms with Gasteiger partial charge in [0.1, 0.15) is 17.7 Å². The van der Waals surface area contributed by atoms with E-state index in [1.54, 1.807) is 0 Å². The highest BCUT2D eigenvalue weighted by Gasteiger charge is 2.18. The average Bonchev–Trinajstić information content (AvgIpc) is 2.15. The summed E-state index contributed by atoms with van der Waals surface area (Å²) in [5.41, 5.74) is 0.0239. The fourth-order valence-electron chi connectivity index (χ4n) is 1.13. The standard InChI is InChI=1S/C9H8ClF3O3S/c10-17(14,15)5-8(11)6-1-3-7(4-2-6)16-9(12)13/h1-4,8-9H,5H2. The number of rotatable bonds is 5. The SMILES string of the molecule is O=S(=O)(Cl)CC(F)c1ccc(OC(F)F)cc1. The summed E-state index contributed by atoms with van der Waals surface area (Å²) in [6, 6.07) is 4.55. The van der Waals surface area contributed by atoms with Gasteiger partial charge in [-0.05, 0) is 17.7 Å². The molecule has 0 aromatic heterocycles. The molecule has 1 aromatic rings. The van der Waals surface area contributed by atoms with Crippen LogP contribution in [0.25, 0.3) is 0 Å². The van der Waals surface area contributed by atoms with Gasteiger partial charge in [-0.15, -0.1) is 0 Å². The first-order chi connectivity index (χ1) is 7.78. The lowest BCUT2D eigenvalue weighted by atomic mass is 10.1. The van der Waals surface area contributed by atoms with Crippen molar-refractivity contribution in [2.24, 2.45) is 0 Å². The van der Waals surface area contributed by atoms with Crippen molar-refractivity contribution in [3.63, 3.8) is 0 Å². The van der Waals surface area contributed by atoms with Crippen LogP contribution < -0.4 is 4.74 Å². The molecule has 0 N–H and O–H groups in total. The normalized spacial score (nSPS) is 13.7. The second-order valence-electron chi connectivity index (χ2n) is 3.12. The minimum Gasteiger partial charge on any atom is -0.435 e. The molecule has 0 radical (unpaired) electrons. The predicted octanol–water partition coefficient (Wildman–Crippen LogP) is 2.87. The third-order valence-electron chi connectivity index (χ3n) is 1.81. The van der Waals surface area contributed by atoms with Crippen molar-refractivity contribution >= 4 is 19.7 Å². The molecule has 0 saturated carbocycles. The van der Waals surface area contributed by atoms with Crippen molar-refractivity contribution in [2.45, 2.75) is 12.8 Å². The van der Waals surface area contributed by atoms with Crippen LogP contribution in [0.2, 0.25) is 0 Å². The number of halogens is 4. The molecule has 0 aliphatic heterocycles. The minimum atomic E-state index is -3.95. The molecule has 1 unspecified atom stereocenters. The minimum absolute atomic E-state index is 0.0239. The van der Waals surface area contributed by atoms with Gasteiger partial charge in [-0.1, -0.05) is 12.1 Å². The zero-order chi connectivity index (χ0) is 13.1. The number of hydrogen-bond acceptors (Lipinski definition) is 3. The molecule has 0 heterocycles. The molecule has 1 atom stereocenters. The number of benzene rings is 1. The molecule has 0 aliphatic carbocycles. The Morgan fingerprint density at radius 3 is 2.12 bits per heavy atom. The van der Waals surface area contributed by atoms with E-state index in [-0.39, 0.29) is 11.3 Å². The van der Waals surface area contributed by atoms with E-state index in [2.05, 4.69) is 4.74 Å². The fourth-order valence-corrected chi connectivity index (χ4v) is 2.00. The summed E-state index contributed by atoms with van der Waals surface area (Å²) in [5.74, 6) is -1.01. The zero-order valence-corrected chi connectivity index (χ0v) is 9.89. The first-order valence-corrected chi connectivity index (χ1v) is 6.87. The summed E-state index contributed by atoms with van der Waals surface area (Å²) in [7, 11) is 0.932. The van der Waals surface area contributed by atoms with Gasteiger partial charge in [-0.25, -0.2) is 12.8 Å². The first kappa shape index (κ1) is 14.1. The molecular weight excluding hydrogens is 281 g/mol. The summed E-state index contributed by atoms with van der Waals surface area (Å²) < 4.78 is 62.3. The predicted molar refractivity (Wildman–Crippen MR) is 56.6 cm³/mol. The molecule has 0 saturated heterocycles. The van der Waals surface area contributed by atoms with Crippen LogP contribution >= 0.6 is 10.7 Å². The van der Waals surface area contributed by atoms with Crippen LogP contribution in [0.1, 0.15) is 11.7 Å². The molecule has 96 valence electrons. The Balaban J connectivity index is 2.73. The maximum atomic E-state index is 13.4. The highest BCUT2D eigenvalue weighted by Crippen LogP contribution is 2.23. The van der Waals surface area contributed by atoms with Crippen molar-refractivity contribution in [1.82, 2.24) is 0 Å². The molecule has 0 amide bonds. The zero-order valence-electron chi connectivity index (χ0n) is 8.32. The van der Waals surface area contributed by atoms with Crippen molar-refractivity contribution in [1.29, 1.82) is 0 Å². The van der Waals surface area contributed by atoms with Crippen LogP contribution in [-0.4, -0.2) is 20.8 Å². The van der Waals surface area contributed by atoms with Gasteiger partial charge in [0.25, 0.3) is 0 Å². The molecular formula is C9H8ClF3O3S. The second kappa shape index (κ2) is 5.59. The van der Waals surface area contributed by atoms with Crippen LogP contribution in [0.4, 0.5) is 13.2 Å². The van der Waals surface area contributed by atoms with Gasteiger partial charge in [0.05, 0.1) is 0 Å². The van der Waals surface area contributed by atoms with Gasteiger partial charge in [0, 0.05) is 10.7 Å². The van der Waals surface area contributed by atoms with Gasteiger partial charge < -0.3 is 4.74 Å². The molecule has 0 aliphatic rings. The Labute approximate surface area is 101 Å². The fraction of sp³-hybridized carbons (Fsp3) is 0.333. The van der Waals surface area contributed by atoms with Crippen molar-refractivity contribution in [3.05, 3.63) is 29.8 Å². The largest absolute Gasteiger partial charge is 0.435 e. The highest BCUT2D eigenvalue weighted by molar-refractivity contribution is 8.13. The van der Waals surface area contributed by atoms with Crippen molar-refractivity contribution < 1.29 is 26.3 Å². The van der Waals surface area contributed by atoms with E-state index in [1.807, 2.05) is 0 Å². The number of alkyl halides is 3. The molecule has 3 nitrogen and oxygen atoms in total. The molecule has 1 rings (SSSR count). The van der Waals surface area contributed by atoms with E-state index in [1.165, 1.54) is 0 Å².